The second-order valence-electron chi connectivity index (χ2n) is 8.15. The van der Waals surface area contributed by atoms with Gasteiger partial charge in [-0.15, -0.1) is 0 Å². The predicted octanol–water partition coefficient (Wildman–Crippen LogP) is 3.43. The van der Waals surface area contributed by atoms with Gasteiger partial charge in [0.2, 0.25) is 17.7 Å². The molecule has 4 aromatic rings. The minimum absolute atomic E-state index is 0.115. The fourth-order valence-electron chi connectivity index (χ4n) is 3.65. The zero-order valence-electron chi connectivity index (χ0n) is 18.5. The van der Waals surface area contributed by atoms with Crippen molar-refractivity contribution in [3.05, 3.63) is 58.6 Å². The van der Waals surface area contributed by atoms with Crippen molar-refractivity contribution in [3.63, 3.8) is 0 Å². The van der Waals surface area contributed by atoms with Crippen LogP contribution < -0.4 is 20.9 Å². The Hall–Kier alpha value is -4.21. The Morgan fingerprint density at radius 3 is 2.73 bits per heavy atom. The molecule has 0 bridgehead atoms. The maximum absolute atomic E-state index is 12.6. The van der Waals surface area contributed by atoms with Gasteiger partial charge in [-0.2, -0.15) is 4.98 Å². The molecule has 1 aliphatic carbocycles. The second kappa shape index (κ2) is 8.05. The first-order valence-electron chi connectivity index (χ1n) is 10.6. The lowest BCUT2D eigenvalue weighted by Gasteiger charge is -2.10. The number of carbonyl (C=O) groups excluding carboxylic acids is 1. The summed E-state index contributed by atoms with van der Waals surface area (Å²) in [6.45, 7) is 1.41. The summed E-state index contributed by atoms with van der Waals surface area (Å²) in [6, 6.07) is 8.72. The fourth-order valence-corrected chi connectivity index (χ4v) is 3.65. The van der Waals surface area contributed by atoms with E-state index < -0.39 is 0 Å². The average Bonchev–Trinajstić information content (AvgIpc) is 3.57. The molecule has 0 saturated heterocycles. The van der Waals surface area contributed by atoms with Crippen LogP contribution in [0.25, 0.3) is 11.2 Å². The van der Waals surface area contributed by atoms with E-state index in [1.54, 1.807) is 46.6 Å². The first-order chi connectivity index (χ1) is 15.9. The summed E-state index contributed by atoms with van der Waals surface area (Å²) in [6.07, 6.45) is 5.75. The predicted molar refractivity (Wildman–Crippen MR) is 124 cm³/mol. The Labute approximate surface area is 189 Å². The van der Waals surface area contributed by atoms with Crippen molar-refractivity contribution in [2.24, 2.45) is 14.1 Å². The van der Waals surface area contributed by atoms with Crippen LogP contribution in [0, 0.1) is 0 Å². The number of imidazole rings is 1. The standard InChI is InChI=1S/C23H23N7O3/c1-13(31)25-19-11-16(8-9-24-19)33-20-7-6-17-21(28-20)30(3)23(26-17)27-18-10-15(14-4-5-14)12-29(2)22(18)32/h6-12,14H,4-5H2,1-3H3,(H,26,27)(H,24,25,31). The lowest BCUT2D eigenvalue weighted by molar-refractivity contribution is -0.114. The number of nitrogens with zero attached hydrogens (tertiary/aromatic N) is 5. The Bertz CT molecular complexity index is 1440. The van der Waals surface area contributed by atoms with Crippen molar-refractivity contribution in [3.8, 4) is 11.6 Å². The smallest absolute Gasteiger partial charge is 0.274 e. The van der Waals surface area contributed by atoms with Crippen molar-refractivity contribution < 1.29 is 9.53 Å². The number of pyridine rings is 3. The molecule has 2 N–H and O–H groups in total. The first-order valence-corrected chi connectivity index (χ1v) is 10.6. The number of hydrogen-bond donors (Lipinski definition) is 2. The van der Waals surface area contributed by atoms with Crippen molar-refractivity contribution in [1.82, 2.24) is 24.1 Å². The Balaban J connectivity index is 1.43. The molecule has 0 aliphatic heterocycles. The third kappa shape index (κ3) is 4.27. The van der Waals surface area contributed by atoms with E-state index in [-0.39, 0.29) is 11.5 Å². The second-order valence-corrected chi connectivity index (χ2v) is 8.15. The highest BCUT2D eigenvalue weighted by Crippen LogP contribution is 2.40. The van der Waals surface area contributed by atoms with Crippen LogP contribution in [0.4, 0.5) is 17.5 Å². The summed E-state index contributed by atoms with van der Waals surface area (Å²) < 4.78 is 9.24. The molecule has 10 heteroatoms. The van der Waals surface area contributed by atoms with E-state index in [9.17, 15) is 9.59 Å². The average molecular weight is 445 g/mol. The number of rotatable bonds is 6. The molecule has 33 heavy (non-hydrogen) atoms. The zero-order chi connectivity index (χ0) is 23.1. The minimum Gasteiger partial charge on any atom is -0.439 e. The van der Waals surface area contributed by atoms with Crippen LogP contribution in [-0.4, -0.2) is 30.0 Å². The van der Waals surface area contributed by atoms with Gasteiger partial charge in [0.1, 0.15) is 22.8 Å². The van der Waals surface area contributed by atoms with Crippen LogP contribution in [-0.2, 0) is 18.9 Å². The molecule has 0 unspecified atom stereocenters. The van der Waals surface area contributed by atoms with Gasteiger partial charge < -0.3 is 19.9 Å². The molecule has 1 amide bonds. The van der Waals surface area contributed by atoms with Crippen LogP contribution in [0.1, 0.15) is 31.2 Å². The highest BCUT2D eigenvalue weighted by Gasteiger charge is 2.25. The van der Waals surface area contributed by atoms with E-state index in [4.69, 9.17) is 4.74 Å². The van der Waals surface area contributed by atoms with E-state index in [0.717, 1.165) is 18.4 Å². The van der Waals surface area contributed by atoms with Gasteiger partial charge in [-0.1, -0.05) is 0 Å². The number of hydrogen-bond acceptors (Lipinski definition) is 7. The fraction of sp³-hybridized carbons (Fsp3) is 0.261. The number of anilines is 3. The third-order valence-corrected chi connectivity index (χ3v) is 5.45. The van der Waals surface area contributed by atoms with Crippen LogP contribution in [0.2, 0.25) is 0 Å². The van der Waals surface area contributed by atoms with Crippen LogP contribution in [0.15, 0.2) is 47.5 Å². The number of aromatic nitrogens is 5. The molecule has 0 spiro atoms. The summed E-state index contributed by atoms with van der Waals surface area (Å²) in [4.78, 5) is 37.1. The zero-order valence-corrected chi connectivity index (χ0v) is 18.5. The van der Waals surface area contributed by atoms with Gasteiger partial charge in [-0.05, 0) is 42.5 Å². The monoisotopic (exact) mass is 445 g/mol. The maximum atomic E-state index is 12.6. The third-order valence-electron chi connectivity index (χ3n) is 5.45. The number of ether oxygens (including phenoxy) is 1. The topological polar surface area (TPSA) is 116 Å². The van der Waals surface area contributed by atoms with E-state index in [2.05, 4.69) is 25.6 Å². The molecule has 0 atom stereocenters. The van der Waals surface area contributed by atoms with E-state index in [1.165, 1.54) is 6.92 Å². The molecule has 1 saturated carbocycles. The largest absolute Gasteiger partial charge is 0.439 e. The van der Waals surface area contributed by atoms with Gasteiger partial charge in [-0.3, -0.25) is 14.2 Å². The van der Waals surface area contributed by atoms with Gasteiger partial charge >= 0.3 is 0 Å². The summed E-state index contributed by atoms with van der Waals surface area (Å²) in [5.74, 6) is 2.06. The van der Waals surface area contributed by atoms with Gasteiger partial charge in [-0.25, -0.2) is 9.97 Å². The van der Waals surface area contributed by atoms with Crippen molar-refractivity contribution in [1.29, 1.82) is 0 Å². The Morgan fingerprint density at radius 1 is 1.15 bits per heavy atom. The molecule has 1 fully saturated rings. The molecule has 10 nitrogen and oxygen atoms in total. The molecule has 4 aromatic heterocycles. The molecule has 4 heterocycles. The number of fused-ring (bicyclic) bond motifs is 1. The van der Waals surface area contributed by atoms with Crippen LogP contribution >= 0.6 is 0 Å². The molecular weight excluding hydrogens is 422 g/mol. The van der Waals surface area contributed by atoms with E-state index >= 15 is 0 Å². The molecule has 168 valence electrons. The highest BCUT2D eigenvalue weighted by molar-refractivity contribution is 5.87. The van der Waals surface area contributed by atoms with Gasteiger partial charge in [0.05, 0.1) is 0 Å². The van der Waals surface area contributed by atoms with Crippen molar-refractivity contribution >= 4 is 34.5 Å². The molecular formula is C23H23N7O3. The number of amides is 1. The summed E-state index contributed by atoms with van der Waals surface area (Å²) >= 11 is 0. The maximum Gasteiger partial charge on any atom is 0.274 e. The molecule has 5 rings (SSSR count). The Kier molecular flexibility index (Phi) is 5.04. The summed E-state index contributed by atoms with van der Waals surface area (Å²) in [5.41, 5.74) is 2.79. The molecule has 0 radical (unpaired) electrons. The van der Waals surface area contributed by atoms with Crippen molar-refractivity contribution in [2.45, 2.75) is 25.7 Å². The first kappa shape index (κ1) is 20.7. The summed E-state index contributed by atoms with van der Waals surface area (Å²) in [5, 5.41) is 5.80. The molecule has 0 aromatic carbocycles. The van der Waals surface area contributed by atoms with Gasteiger partial charge in [0, 0.05) is 45.5 Å². The lowest BCUT2D eigenvalue weighted by Crippen LogP contribution is -2.20. The minimum atomic E-state index is -0.216. The SMILES string of the molecule is CC(=O)Nc1cc(Oc2ccc3nc(Nc4cc(C5CC5)cn(C)c4=O)n(C)c3n2)ccn1. The number of aryl methyl sites for hydroxylation is 2. The Morgan fingerprint density at radius 2 is 1.97 bits per heavy atom. The van der Waals surface area contributed by atoms with Crippen LogP contribution in [0.5, 0.6) is 11.6 Å². The number of nitrogens with one attached hydrogen (secondary N) is 2. The number of carbonyl (C=O) groups is 1. The van der Waals surface area contributed by atoms with Gasteiger partial charge in [0.15, 0.2) is 5.65 Å². The highest BCUT2D eigenvalue weighted by atomic mass is 16.5. The van der Waals surface area contributed by atoms with Gasteiger partial charge in [0.25, 0.3) is 5.56 Å². The normalized spacial score (nSPS) is 13.2. The quantitative estimate of drug-likeness (QED) is 0.467. The van der Waals surface area contributed by atoms with E-state index in [0.29, 0.717) is 46.2 Å². The van der Waals surface area contributed by atoms with E-state index in [1.807, 2.05) is 19.3 Å². The lowest BCUT2D eigenvalue weighted by atomic mass is 10.2. The summed E-state index contributed by atoms with van der Waals surface area (Å²) in [7, 11) is 3.58. The molecule has 1 aliphatic rings. The van der Waals surface area contributed by atoms with Crippen LogP contribution in [0.3, 0.4) is 0 Å². The van der Waals surface area contributed by atoms with Crippen molar-refractivity contribution in [2.75, 3.05) is 10.6 Å².